The monoisotopic (exact) mass is 263 g/mol. The summed E-state index contributed by atoms with van der Waals surface area (Å²) in [5.41, 5.74) is 3.72. The summed E-state index contributed by atoms with van der Waals surface area (Å²) in [6.07, 6.45) is 4.16. The highest BCUT2D eigenvalue weighted by atomic mass is 32.1. The standard InChI is InChI=1S/C12H15N4OS/c1-8-11(3-4-17)18-7-16(8)6-10-5-14-9(2)15-12(10)13/h5-7,13,17H,3-4H2,1-2H3/q+1. The smallest absolute Gasteiger partial charge is 0.230 e. The van der Waals surface area contributed by atoms with Gasteiger partial charge in [0.2, 0.25) is 5.51 Å². The molecule has 0 fully saturated rings. The second kappa shape index (κ2) is 5.32. The van der Waals surface area contributed by atoms with Crippen LogP contribution < -0.4 is 4.57 Å². The molecule has 2 rings (SSSR count). The Bertz CT molecular complexity index is 569. The maximum absolute atomic E-state index is 8.95. The van der Waals surface area contributed by atoms with E-state index in [1.807, 2.05) is 23.2 Å². The van der Waals surface area contributed by atoms with Crippen molar-refractivity contribution in [1.29, 1.82) is 5.41 Å². The molecule has 1 aromatic heterocycles. The molecule has 0 unspecified atom stereocenters. The average Bonchev–Trinajstić information content (AvgIpc) is 2.66. The van der Waals surface area contributed by atoms with Crippen LogP contribution in [-0.2, 0) is 6.42 Å². The van der Waals surface area contributed by atoms with Crippen LogP contribution in [0.1, 0.15) is 17.5 Å². The van der Waals surface area contributed by atoms with Crippen LogP contribution >= 0.6 is 11.3 Å². The van der Waals surface area contributed by atoms with Crippen LogP contribution in [0.25, 0.3) is 6.20 Å². The summed E-state index contributed by atoms with van der Waals surface area (Å²) < 4.78 is 1.95. The highest BCUT2D eigenvalue weighted by Crippen LogP contribution is 2.12. The number of aromatic nitrogens is 1. The maximum Gasteiger partial charge on any atom is 0.230 e. The molecule has 0 aromatic carbocycles. The van der Waals surface area contributed by atoms with Crippen molar-refractivity contribution >= 4 is 35.4 Å². The molecule has 5 nitrogen and oxygen atoms in total. The molecule has 1 aliphatic rings. The third-order valence-electron chi connectivity index (χ3n) is 2.65. The summed E-state index contributed by atoms with van der Waals surface area (Å²) in [4.78, 5) is 9.26. The fourth-order valence-corrected chi connectivity index (χ4v) is 2.57. The molecule has 0 aliphatic carbocycles. The van der Waals surface area contributed by atoms with Gasteiger partial charge in [0.1, 0.15) is 11.4 Å². The van der Waals surface area contributed by atoms with Crippen LogP contribution in [0.15, 0.2) is 21.1 Å². The Morgan fingerprint density at radius 2 is 2.28 bits per heavy atom. The summed E-state index contributed by atoms with van der Waals surface area (Å²) in [6.45, 7) is 3.92. The number of hydrogen-bond acceptors (Lipinski definition) is 4. The Balaban J connectivity index is 2.29. The van der Waals surface area contributed by atoms with Gasteiger partial charge in [0.05, 0.1) is 4.88 Å². The van der Waals surface area contributed by atoms with Crippen molar-refractivity contribution in [2.45, 2.75) is 20.3 Å². The molecule has 18 heavy (non-hydrogen) atoms. The summed E-state index contributed by atoms with van der Waals surface area (Å²) in [5.74, 6) is 0.828. The van der Waals surface area contributed by atoms with E-state index in [0.29, 0.717) is 17.8 Å². The van der Waals surface area contributed by atoms with E-state index in [9.17, 15) is 0 Å². The number of nitrogens with zero attached hydrogens (tertiary/aromatic N) is 3. The fourth-order valence-electron chi connectivity index (χ4n) is 1.62. The van der Waals surface area contributed by atoms with E-state index in [4.69, 9.17) is 10.5 Å². The van der Waals surface area contributed by atoms with E-state index in [-0.39, 0.29) is 12.4 Å². The van der Waals surface area contributed by atoms with Crippen molar-refractivity contribution in [1.82, 2.24) is 0 Å². The number of hydrogen-bond donors (Lipinski definition) is 2. The van der Waals surface area contributed by atoms with Gasteiger partial charge in [-0.2, -0.15) is 4.57 Å². The first-order valence-corrected chi connectivity index (χ1v) is 6.49. The quantitative estimate of drug-likeness (QED) is 0.790. The molecule has 1 aliphatic heterocycles. The minimum absolute atomic E-state index is 0.151. The average molecular weight is 263 g/mol. The largest absolute Gasteiger partial charge is 0.396 e. The van der Waals surface area contributed by atoms with Crippen LogP contribution in [0.4, 0.5) is 0 Å². The second-order valence-electron chi connectivity index (χ2n) is 3.96. The summed E-state index contributed by atoms with van der Waals surface area (Å²) in [5, 5.41) is 16.7. The van der Waals surface area contributed by atoms with E-state index in [1.165, 1.54) is 0 Å². The topological polar surface area (TPSA) is 72.7 Å². The molecule has 0 saturated heterocycles. The first kappa shape index (κ1) is 12.8. The molecule has 0 bridgehead atoms. The molecule has 0 amide bonds. The van der Waals surface area contributed by atoms with E-state index in [0.717, 1.165) is 10.6 Å². The normalized spacial score (nSPS) is 17.4. The molecule has 6 heteroatoms. The molecular weight excluding hydrogens is 248 g/mol. The number of aliphatic hydroxyl groups excluding tert-OH is 1. The first-order valence-electron chi connectivity index (χ1n) is 5.61. The predicted molar refractivity (Wildman–Crippen MR) is 73.6 cm³/mol. The minimum atomic E-state index is 0.151. The van der Waals surface area contributed by atoms with Gasteiger partial charge in [-0.15, -0.1) is 0 Å². The van der Waals surface area contributed by atoms with Gasteiger partial charge in [-0.1, -0.05) is 11.3 Å². The molecule has 0 atom stereocenters. The van der Waals surface area contributed by atoms with Crippen LogP contribution in [-0.4, -0.2) is 29.6 Å². The van der Waals surface area contributed by atoms with Crippen molar-refractivity contribution in [3.63, 3.8) is 0 Å². The highest BCUT2D eigenvalue weighted by Gasteiger charge is 2.16. The van der Waals surface area contributed by atoms with Crippen molar-refractivity contribution in [2.24, 2.45) is 9.98 Å². The van der Waals surface area contributed by atoms with E-state index < -0.39 is 0 Å². The third kappa shape index (κ3) is 2.60. The zero-order chi connectivity index (χ0) is 13.1. The highest BCUT2D eigenvalue weighted by molar-refractivity contribution is 7.09. The lowest BCUT2D eigenvalue weighted by Crippen LogP contribution is -2.29. The maximum atomic E-state index is 8.95. The number of aliphatic hydroxyl groups is 1. The Kier molecular flexibility index (Phi) is 3.78. The zero-order valence-corrected chi connectivity index (χ0v) is 11.2. The van der Waals surface area contributed by atoms with E-state index in [1.54, 1.807) is 24.5 Å². The number of rotatable bonds is 3. The van der Waals surface area contributed by atoms with Crippen LogP contribution in [0.3, 0.4) is 0 Å². The lowest BCUT2D eigenvalue weighted by Gasteiger charge is -2.02. The Morgan fingerprint density at radius 1 is 1.50 bits per heavy atom. The van der Waals surface area contributed by atoms with Crippen molar-refractivity contribution < 1.29 is 9.67 Å². The number of amidine groups is 2. The predicted octanol–water partition coefficient (Wildman–Crippen LogP) is 1.20. The van der Waals surface area contributed by atoms with E-state index >= 15 is 0 Å². The van der Waals surface area contributed by atoms with Crippen molar-refractivity contribution in [3.05, 3.63) is 21.7 Å². The van der Waals surface area contributed by atoms with Gasteiger partial charge in [0, 0.05) is 26.2 Å². The van der Waals surface area contributed by atoms with Crippen molar-refractivity contribution in [2.75, 3.05) is 6.61 Å². The van der Waals surface area contributed by atoms with Crippen LogP contribution in [0.2, 0.25) is 0 Å². The minimum Gasteiger partial charge on any atom is -0.396 e. The molecule has 2 N–H and O–H groups in total. The molecule has 94 valence electrons. The van der Waals surface area contributed by atoms with Gasteiger partial charge in [-0.3, -0.25) is 5.41 Å². The summed E-state index contributed by atoms with van der Waals surface area (Å²) >= 11 is 1.60. The number of aliphatic imine (C=N–C) groups is 2. The molecule has 1 aromatic rings. The Hall–Kier alpha value is -1.66. The molecule has 0 radical (unpaired) electrons. The fraction of sp³-hybridized carbons (Fsp3) is 0.333. The first-order chi connectivity index (χ1) is 8.61. The van der Waals surface area contributed by atoms with Crippen molar-refractivity contribution in [3.8, 4) is 0 Å². The zero-order valence-electron chi connectivity index (χ0n) is 10.3. The second-order valence-corrected chi connectivity index (χ2v) is 4.90. The van der Waals surface area contributed by atoms with Crippen LogP contribution in [0.5, 0.6) is 0 Å². The molecule has 0 spiro atoms. The lowest BCUT2D eigenvalue weighted by atomic mass is 10.2. The van der Waals surface area contributed by atoms with Crippen LogP contribution in [0, 0.1) is 12.3 Å². The molecular formula is C12H15N4OS+. The van der Waals surface area contributed by atoms with Gasteiger partial charge < -0.3 is 5.11 Å². The Labute approximate surface area is 109 Å². The van der Waals surface area contributed by atoms with Gasteiger partial charge in [0.15, 0.2) is 17.7 Å². The SMILES string of the molecule is CC1=NC(=N)C(=C[n+]2csc(CCO)c2C)C=N1. The van der Waals surface area contributed by atoms with E-state index in [2.05, 4.69) is 9.98 Å². The van der Waals surface area contributed by atoms with Gasteiger partial charge in [-0.25, -0.2) is 9.98 Å². The van der Waals surface area contributed by atoms with Gasteiger partial charge in [0.25, 0.3) is 0 Å². The number of thiazole rings is 1. The van der Waals surface area contributed by atoms with Gasteiger partial charge >= 0.3 is 0 Å². The summed E-state index contributed by atoms with van der Waals surface area (Å²) in [7, 11) is 0. The molecule has 2 heterocycles. The third-order valence-corrected chi connectivity index (χ3v) is 3.77. The Morgan fingerprint density at radius 3 is 2.94 bits per heavy atom. The molecule has 0 saturated carbocycles. The number of nitrogens with one attached hydrogen (secondary N) is 1. The van der Waals surface area contributed by atoms with Gasteiger partial charge in [-0.05, 0) is 6.92 Å². The lowest BCUT2D eigenvalue weighted by molar-refractivity contribution is -0.570. The summed E-state index contributed by atoms with van der Waals surface area (Å²) in [6, 6.07) is 0.